The third-order valence-electron chi connectivity index (χ3n) is 5.23. The lowest BCUT2D eigenvalue weighted by atomic mass is 9.90. The summed E-state index contributed by atoms with van der Waals surface area (Å²) in [6.45, 7) is 8.87. The summed E-state index contributed by atoms with van der Waals surface area (Å²) in [5.41, 5.74) is 3.84. The highest BCUT2D eigenvalue weighted by Gasteiger charge is 2.32. The van der Waals surface area contributed by atoms with Crippen LogP contribution in [0.15, 0.2) is 53.7 Å². The molecule has 3 aromatic rings. The summed E-state index contributed by atoms with van der Waals surface area (Å²) in [5.74, 6) is 0.731. The lowest BCUT2D eigenvalue weighted by Gasteiger charge is -2.40. The van der Waals surface area contributed by atoms with E-state index in [9.17, 15) is 4.79 Å². The number of aryl methyl sites for hydroxylation is 1. The second kappa shape index (κ2) is 7.19. The monoisotopic (exact) mass is 375 g/mol. The van der Waals surface area contributed by atoms with Gasteiger partial charge in [0.15, 0.2) is 0 Å². The van der Waals surface area contributed by atoms with Crippen molar-refractivity contribution < 1.29 is 0 Å². The van der Waals surface area contributed by atoms with Crippen molar-refractivity contribution in [3.05, 3.63) is 70.4 Å². The summed E-state index contributed by atoms with van der Waals surface area (Å²) in [5, 5.41) is 0. The number of nitrogens with zero attached hydrogens (tertiary/aromatic N) is 5. The molecule has 0 fully saturated rings. The normalized spacial score (nSPS) is 15.3. The first-order chi connectivity index (χ1) is 13.4. The van der Waals surface area contributed by atoms with Crippen molar-refractivity contribution in [1.82, 2.24) is 19.5 Å². The molecule has 28 heavy (non-hydrogen) atoms. The maximum Gasteiger partial charge on any atom is 0.255 e. The third-order valence-corrected chi connectivity index (χ3v) is 5.23. The smallest absolute Gasteiger partial charge is 0.255 e. The molecule has 0 aliphatic carbocycles. The van der Waals surface area contributed by atoms with E-state index in [2.05, 4.69) is 59.9 Å². The molecule has 1 aromatic carbocycles. The molecule has 0 saturated carbocycles. The van der Waals surface area contributed by atoms with Crippen LogP contribution < -0.4 is 10.5 Å². The van der Waals surface area contributed by atoms with Crippen molar-refractivity contribution in [3.8, 4) is 11.4 Å². The molecular formula is C22H25N5O. The molecule has 0 bridgehead atoms. The van der Waals surface area contributed by atoms with Gasteiger partial charge in [-0.3, -0.25) is 9.36 Å². The van der Waals surface area contributed by atoms with Crippen molar-refractivity contribution >= 4 is 5.95 Å². The summed E-state index contributed by atoms with van der Waals surface area (Å²) < 4.78 is 1.80. The van der Waals surface area contributed by atoms with Crippen molar-refractivity contribution in [1.29, 1.82) is 0 Å². The van der Waals surface area contributed by atoms with Crippen molar-refractivity contribution in [2.45, 2.75) is 33.7 Å². The van der Waals surface area contributed by atoms with E-state index in [1.807, 2.05) is 0 Å². The Morgan fingerprint density at radius 2 is 1.93 bits per heavy atom. The van der Waals surface area contributed by atoms with E-state index in [4.69, 9.17) is 4.98 Å². The molecule has 0 atom stereocenters. The highest BCUT2D eigenvalue weighted by molar-refractivity contribution is 5.55. The van der Waals surface area contributed by atoms with E-state index in [1.165, 1.54) is 17.5 Å². The van der Waals surface area contributed by atoms with Crippen molar-refractivity contribution in [2.24, 2.45) is 5.41 Å². The predicted octanol–water partition coefficient (Wildman–Crippen LogP) is 3.10. The Morgan fingerprint density at radius 1 is 1.11 bits per heavy atom. The quantitative estimate of drug-likeness (QED) is 0.701. The lowest BCUT2D eigenvalue weighted by molar-refractivity contribution is 0.274. The minimum Gasteiger partial charge on any atom is -0.341 e. The molecule has 144 valence electrons. The van der Waals surface area contributed by atoms with Gasteiger partial charge < -0.3 is 4.90 Å². The second-order valence-electron chi connectivity index (χ2n) is 8.22. The van der Waals surface area contributed by atoms with Crippen LogP contribution in [-0.4, -0.2) is 32.6 Å². The standard InChI is InChI=1S/C22H25N5O/c1-16-6-4-5-7-17(16)9-11-26-13-22(2,3)14-27-20(28)12-19(25-21(26)27)18-8-10-23-15-24-18/h4-8,10,12,15H,9,11,13-14H2,1-3H3. The van der Waals surface area contributed by atoms with Crippen LogP contribution in [0.25, 0.3) is 11.4 Å². The number of fused-ring (bicyclic) bond motifs is 1. The fourth-order valence-electron chi connectivity index (χ4n) is 3.85. The van der Waals surface area contributed by atoms with Gasteiger partial charge in [-0.25, -0.2) is 15.0 Å². The third kappa shape index (κ3) is 3.67. The van der Waals surface area contributed by atoms with Crippen molar-refractivity contribution in [3.63, 3.8) is 0 Å². The Hall–Kier alpha value is -3.02. The molecule has 4 rings (SSSR count). The molecule has 0 N–H and O–H groups in total. The number of hydrogen-bond donors (Lipinski definition) is 0. The van der Waals surface area contributed by atoms with Gasteiger partial charge in [0.05, 0.1) is 11.4 Å². The molecule has 1 aliphatic rings. The zero-order chi connectivity index (χ0) is 19.7. The molecule has 0 spiro atoms. The number of benzene rings is 1. The average molecular weight is 375 g/mol. The highest BCUT2D eigenvalue weighted by atomic mass is 16.1. The number of hydrogen-bond acceptors (Lipinski definition) is 5. The molecule has 0 saturated heterocycles. The van der Waals surface area contributed by atoms with Crippen LogP contribution in [0.3, 0.4) is 0 Å². The Morgan fingerprint density at radius 3 is 2.68 bits per heavy atom. The van der Waals surface area contributed by atoms with Crippen LogP contribution in [0.5, 0.6) is 0 Å². The SMILES string of the molecule is Cc1ccccc1CCN1CC(C)(C)Cn2c1nc(-c1ccncn1)cc2=O. The first-order valence-corrected chi connectivity index (χ1v) is 9.61. The number of anilines is 1. The van der Waals surface area contributed by atoms with Crippen LogP contribution in [0.2, 0.25) is 0 Å². The Labute approximate surface area is 164 Å². The zero-order valence-electron chi connectivity index (χ0n) is 16.6. The first kappa shape index (κ1) is 18.3. The zero-order valence-corrected chi connectivity index (χ0v) is 16.6. The van der Waals surface area contributed by atoms with Gasteiger partial charge in [-0.05, 0) is 30.5 Å². The summed E-state index contributed by atoms with van der Waals surface area (Å²) in [7, 11) is 0. The fourth-order valence-corrected chi connectivity index (χ4v) is 3.85. The minimum atomic E-state index is -0.0349. The summed E-state index contributed by atoms with van der Waals surface area (Å²) in [6, 6.07) is 11.8. The van der Waals surface area contributed by atoms with Gasteiger partial charge in [0.25, 0.3) is 5.56 Å². The van der Waals surface area contributed by atoms with Crippen LogP contribution in [0.4, 0.5) is 5.95 Å². The largest absolute Gasteiger partial charge is 0.341 e. The molecule has 0 radical (unpaired) electrons. The minimum absolute atomic E-state index is 0.000667. The van der Waals surface area contributed by atoms with Gasteiger partial charge in [-0.15, -0.1) is 0 Å². The van der Waals surface area contributed by atoms with E-state index in [-0.39, 0.29) is 11.0 Å². The number of aromatic nitrogens is 4. The molecule has 6 heteroatoms. The molecule has 6 nitrogen and oxygen atoms in total. The van der Waals surface area contributed by atoms with Gasteiger partial charge in [-0.1, -0.05) is 38.1 Å². The average Bonchev–Trinajstić information content (AvgIpc) is 2.68. The Kier molecular flexibility index (Phi) is 4.71. The number of rotatable bonds is 4. The van der Waals surface area contributed by atoms with E-state index >= 15 is 0 Å². The molecule has 0 unspecified atom stereocenters. The predicted molar refractivity (Wildman–Crippen MR) is 110 cm³/mol. The molecule has 0 amide bonds. The molecule has 2 aromatic heterocycles. The maximum atomic E-state index is 12.9. The lowest BCUT2D eigenvalue weighted by Crippen LogP contribution is -2.48. The van der Waals surface area contributed by atoms with Crippen LogP contribution in [0, 0.1) is 12.3 Å². The Balaban J connectivity index is 1.71. The van der Waals surface area contributed by atoms with Crippen LogP contribution in [-0.2, 0) is 13.0 Å². The van der Waals surface area contributed by atoms with Crippen molar-refractivity contribution in [2.75, 3.05) is 18.0 Å². The summed E-state index contributed by atoms with van der Waals surface area (Å²) in [4.78, 5) is 28.1. The maximum absolute atomic E-state index is 12.9. The van der Waals surface area contributed by atoms with Crippen LogP contribution in [0.1, 0.15) is 25.0 Å². The van der Waals surface area contributed by atoms with Gasteiger partial charge >= 0.3 is 0 Å². The van der Waals surface area contributed by atoms with E-state index in [0.717, 1.165) is 25.5 Å². The van der Waals surface area contributed by atoms with Gasteiger partial charge in [-0.2, -0.15) is 0 Å². The van der Waals surface area contributed by atoms with Gasteiger partial charge in [0.2, 0.25) is 5.95 Å². The molecule has 1 aliphatic heterocycles. The summed E-state index contributed by atoms with van der Waals surface area (Å²) in [6.07, 6.45) is 4.06. The second-order valence-corrected chi connectivity index (χ2v) is 8.22. The topological polar surface area (TPSA) is 63.9 Å². The highest BCUT2D eigenvalue weighted by Crippen LogP contribution is 2.30. The van der Waals surface area contributed by atoms with Gasteiger partial charge in [0.1, 0.15) is 6.33 Å². The summed E-state index contributed by atoms with van der Waals surface area (Å²) >= 11 is 0. The Bertz CT molecular complexity index is 1040. The van der Waals surface area contributed by atoms with Gasteiger partial charge in [0, 0.05) is 37.3 Å². The fraction of sp³-hybridized carbons (Fsp3) is 0.364. The first-order valence-electron chi connectivity index (χ1n) is 9.61. The molecule has 3 heterocycles. The van der Waals surface area contributed by atoms with E-state index < -0.39 is 0 Å². The van der Waals surface area contributed by atoms with E-state index in [1.54, 1.807) is 22.9 Å². The van der Waals surface area contributed by atoms with E-state index in [0.29, 0.717) is 17.9 Å². The molecular weight excluding hydrogens is 350 g/mol. The van der Waals surface area contributed by atoms with Crippen LogP contribution >= 0.6 is 0 Å².